The Morgan fingerprint density at radius 3 is 2.34 bits per heavy atom. The zero-order valence-corrected chi connectivity index (χ0v) is 18.1. The van der Waals surface area contributed by atoms with E-state index >= 15 is 0 Å². The van der Waals surface area contributed by atoms with Crippen LogP contribution in [0.15, 0.2) is 71.6 Å². The molecule has 164 valence electrons. The molecule has 1 amide bonds. The van der Waals surface area contributed by atoms with Crippen molar-refractivity contribution in [1.29, 1.82) is 0 Å². The van der Waals surface area contributed by atoms with Crippen molar-refractivity contribution in [2.45, 2.75) is 24.8 Å². The Hall–Kier alpha value is -3.56. The van der Waals surface area contributed by atoms with Crippen molar-refractivity contribution in [2.75, 3.05) is 11.9 Å². The standard InChI is InChI=1S/C23H21N3O5S/c1-16-2-10-22(11-3-16)32(30,31)25-13-12-17-4-7-20(14-19(17)15-25)24-23(27)18-5-8-21(9-6-18)26(28)29/h2-11,14H,12-13,15H2,1H3,(H,24,27). The number of fused-ring (bicyclic) bond motifs is 1. The molecular weight excluding hydrogens is 430 g/mol. The van der Waals surface area contributed by atoms with Gasteiger partial charge in [-0.15, -0.1) is 0 Å². The van der Waals surface area contributed by atoms with Crippen molar-refractivity contribution in [3.05, 3.63) is 99.1 Å². The maximum Gasteiger partial charge on any atom is 0.269 e. The average Bonchev–Trinajstić information content (AvgIpc) is 2.79. The monoisotopic (exact) mass is 451 g/mol. The number of nitro benzene ring substituents is 1. The molecule has 0 spiro atoms. The van der Waals surface area contributed by atoms with Crippen molar-refractivity contribution in [3.8, 4) is 0 Å². The number of nitrogens with one attached hydrogen (secondary N) is 1. The third-order valence-electron chi connectivity index (χ3n) is 5.44. The van der Waals surface area contributed by atoms with Gasteiger partial charge in [0.1, 0.15) is 0 Å². The van der Waals surface area contributed by atoms with Gasteiger partial charge in [0.2, 0.25) is 10.0 Å². The van der Waals surface area contributed by atoms with E-state index in [1.807, 2.05) is 13.0 Å². The molecule has 0 saturated carbocycles. The first-order valence-corrected chi connectivity index (χ1v) is 11.4. The van der Waals surface area contributed by atoms with Crippen molar-refractivity contribution < 1.29 is 18.1 Å². The summed E-state index contributed by atoms with van der Waals surface area (Å²) in [7, 11) is -3.62. The van der Waals surface area contributed by atoms with Gasteiger partial charge in [-0.2, -0.15) is 4.31 Å². The third-order valence-corrected chi connectivity index (χ3v) is 7.30. The normalized spacial score (nSPS) is 13.9. The van der Waals surface area contributed by atoms with Gasteiger partial charge in [0, 0.05) is 36.5 Å². The Bertz CT molecular complexity index is 1290. The lowest BCUT2D eigenvalue weighted by atomic mass is 10.0. The highest BCUT2D eigenvalue weighted by Crippen LogP contribution is 2.27. The van der Waals surface area contributed by atoms with Gasteiger partial charge in [-0.05, 0) is 60.9 Å². The molecule has 0 radical (unpaired) electrons. The van der Waals surface area contributed by atoms with Crippen LogP contribution in [0.25, 0.3) is 0 Å². The number of sulfonamides is 1. The second-order valence-corrected chi connectivity index (χ2v) is 9.58. The van der Waals surface area contributed by atoms with E-state index in [1.54, 1.807) is 36.4 Å². The average molecular weight is 452 g/mol. The molecule has 1 aliphatic rings. The minimum Gasteiger partial charge on any atom is -0.322 e. The predicted octanol–water partition coefficient (Wildman–Crippen LogP) is 3.90. The number of nitrogens with zero attached hydrogens (tertiary/aromatic N) is 2. The van der Waals surface area contributed by atoms with Gasteiger partial charge in [-0.3, -0.25) is 14.9 Å². The number of benzene rings is 3. The van der Waals surface area contributed by atoms with E-state index in [4.69, 9.17) is 0 Å². The van der Waals surface area contributed by atoms with E-state index in [1.165, 1.54) is 28.6 Å². The summed E-state index contributed by atoms with van der Waals surface area (Å²) in [5.41, 5.74) is 3.58. The fourth-order valence-corrected chi connectivity index (χ4v) is 5.03. The molecule has 0 aromatic heterocycles. The number of rotatable bonds is 5. The van der Waals surface area contributed by atoms with Gasteiger partial charge < -0.3 is 5.32 Å². The number of carbonyl (C=O) groups is 1. The number of hydrogen-bond donors (Lipinski definition) is 1. The Morgan fingerprint density at radius 1 is 1.00 bits per heavy atom. The van der Waals surface area contributed by atoms with Gasteiger partial charge in [0.05, 0.1) is 9.82 Å². The lowest BCUT2D eigenvalue weighted by Crippen LogP contribution is -2.36. The molecule has 0 bridgehead atoms. The molecular formula is C23H21N3O5S. The van der Waals surface area contributed by atoms with Crippen molar-refractivity contribution in [3.63, 3.8) is 0 Å². The maximum absolute atomic E-state index is 13.0. The topological polar surface area (TPSA) is 110 Å². The van der Waals surface area contributed by atoms with Gasteiger partial charge >= 0.3 is 0 Å². The van der Waals surface area contributed by atoms with E-state index in [-0.39, 0.29) is 22.7 Å². The summed E-state index contributed by atoms with van der Waals surface area (Å²) in [6.45, 7) is 2.50. The molecule has 0 unspecified atom stereocenters. The van der Waals surface area contributed by atoms with E-state index in [9.17, 15) is 23.3 Å². The molecule has 32 heavy (non-hydrogen) atoms. The Balaban J connectivity index is 1.52. The van der Waals surface area contributed by atoms with Crippen LogP contribution in [-0.2, 0) is 23.0 Å². The molecule has 1 aliphatic heterocycles. The molecule has 0 fully saturated rings. The highest BCUT2D eigenvalue weighted by molar-refractivity contribution is 7.89. The number of nitro groups is 1. The van der Waals surface area contributed by atoms with Crippen LogP contribution >= 0.6 is 0 Å². The first kappa shape index (κ1) is 21.7. The number of aryl methyl sites for hydroxylation is 1. The minimum absolute atomic E-state index is 0.0924. The molecule has 3 aromatic rings. The Morgan fingerprint density at radius 2 is 1.69 bits per heavy atom. The molecule has 1 heterocycles. The highest BCUT2D eigenvalue weighted by Gasteiger charge is 2.28. The van der Waals surface area contributed by atoms with Crippen LogP contribution in [0.2, 0.25) is 0 Å². The number of non-ortho nitro benzene ring substituents is 1. The molecule has 1 N–H and O–H groups in total. The molecule has 4 rings (SSSR count). The zero-order valence-electron chi connectivity index (χ0n) is 17.3. The van der Waals surface area contributed by atoms with Crippen LogP contribution in [-0.4, -0.2) is 30.1 Å². The Labute approximate surface area is 185 Å². The van der Waals surface area contributed by atoms with Gasteiger partial charge in [-0.1, -0.05) is 23.8 Å². The predicted molar refractivity (Wildman–Crippen MR) is 120 cm³/mol. The number of hydrogen-bond acceptors (Lipinski definition) is 5. The van der Waals surface area contributed by atoms with Gasteiger partial charge in [0.15, 0.2) is 0 Å². The van der Waals surface area contributed by atoms with Crippen molar-refractivity contribution >= 4 is 27.3 Å². The second-order valence-electron chi connectivity index (χ2n) is 7.64. The summed E-state index contributed by atoms with van der Waals surface area (Å²) in [5, 5.41) is 13.5. The summed E-state index contributed by atoms with van der Waals surface area (Å²) in [5.74, 6) is -0.403. The second kappa shape index (κ2) is 8.52. The fourth-order valence-electron chi connectivity index (χ4n) is 3.61. The van der Waals surface area contributed by atoms with Gasteiger partial charge in [-0.25, -0.2) is 8.42 Å². The summed E-state index contributed by atoms with van der Waals surface area (Å²) >= 11 is 0. The summed E-state index contributed by atoms with van der Waals surface area (Å²) in [6.07, 6.45) is 0.580. The number of anilines is 1. The van der Waals surface area contributed by atoms with Gasteiger partial charge in [0.25, 0.3) is 11.6 Å². The number of carbonyl (C=O) groups excluding carboxylic acids is 1. The summed E-state index contributed by atoms with van der Waals surface area (Å²) in [4.78, 5) is 23.0. The molecule has 8 nitrogen and oxygen atoms in total. The van der Waals surface area contributed by atoms with Crippen molar-refractivity contribution in [2.24, 2.45) is 0 Å². The SMILES string of the molecule is Cc1ccc(S(=O)(=O)N2CCc3ccc(NC(=O)c4ccc([N+](=O)[O-])cc4)cc3C2)cc1. The summed E-state index contributed by atoms with van der Waals surface area (Å²) in [6, 6.07) is 17.5. The molecule has 3 aromatic carbocycles. The molecule has 9 heteroatoms. The van der Waals surface area contributed by atoms with E-state index in [2.05, 4.69) is 5.32 Å². The first-order valence-electron chi connectivity index (χ1n) is 9.98. The lowest BCUT2D eigenvalue weighted by molar-refractivity contribution is -0.384. The fraction of sp³-hybridized carbons (Fsp3) is 0.174. The third kappa shape index (κ3) is 4.39. The van der Waals surface area contributed by atoms with Crippen LogP contribution < -0.4 is 5.32 Å². The molecule has 0 atom stereocenters. The lowest BCUT2D eigenvalue weighted by Gasteiger charge is -2.28. The maximum atomic E-state index is 13.0. The largest absolute Gasteiger partial charge is 0.322 e. The molecule has 0 saturated heterocycles. The van der Waals surface area contributed by atoms with Crippen LogP contribution in [0.5, 0.6) is 0 Å². The smallest absolute Gasteiger partial charge is 0.269 e. The molecule has 0 aliphatic carbocycles. The zero-order chi connectivity index (χ0) is 22.9. The van der Waals surface area contributed by atoms with Crippen LogP contribution in [0, 0.1) is 17.0 Å². The Kier molecular flexibility index (Phi) is 5.77. The van der Waals surface area contributed by atoms with E-state index in [0.717, 1.165) is 16.7 Å². The van der Waals surface area contributed by atoms with E-state index in [0.29, 0.717) is 18.7 Å². The first-order chi connectivity index (χ1) is 15.2. The number of amides is 1. The van der Waals surface area contributed by atoms with Crippen LogP contribution in [0.3, 0.4) is 0 Å². The van der Waals surface area contributed by atoms with Crippen LogP contribution in [0.1, 0.15) is 27.0 Å². The highest BCUT2D eigenvalue weighted by atomic mass is 32.2. The minimum atomic E-state index is -3.62. The summed E-state index contributed by atoms with van der Waals surface area (Å²) < 4.78 is 27.5. The quantitative estimate of drug-likeness (QED) is 0.467. The van der Waals surface area contributed by atoms with E-state index < -0.39 is 20.9 Å². The van der Waals surface area contributed by atoms with Crippen LogP contribution in [0.4, 0.5) is 11.4 Å². The van der Waals surface area contributed by atoms with Crippen molar-refractivity contribution in [1.82, 2.24) is 4.31 Å².